The number of methoxy groups -OCH3 is 1. The van der Waals surface area contributed by atoms with Crippen molar-refractivity contribution < 1.29 is 23.8 Å². The number of anilines is 1. The molecule has 1 fully saturated rings. The number of rotatable bonds is 6. The molecule has 1 unspecified atom stereocenters. The Morgan fingerprint density at radius 3 is 2.74 bits per heavy atom. The Morgan fingerprint density at radius 2 is 2.04 bits per heavy atom. The molecule has 1 saturated heterocycles. The third-order valence-electron chi connectivity index (χ3n) is 4.90. The molecule has 1 aromatic carbocycles. The number of carbonyl (C=O) groups excluding carboxylic acids is 2. The van der Waals surface area contributed by atoms with Crippen molar-refractivity contribution in [3.8, 4) is 17.2 Å². The van der Waals surface area contributed by atoms with Crippen molar-refractivity contribution in [1.29, 1.82) is 0 Å². The topological polar surface area (TPSA) is 77.1 Å². The number of carbonyl (C=O) groups is 2. The van der Waals surface area contributed by atoms with Gasteiger partial charge < -0.3 is 24.4 Å². The standard InChI is InChI=1S/C20H28N2O5/c1-13(2)7-20(24)22-6-4-5-14(11-22)8-19(23)21-15-9-17-18(27-12-26-17)10-16(15)25-3/h9-10,13-14H,4-8,11-12H2,1-3H3,(H,21,23). The monoisotopic (exact) mass is 376 g/mol. The molecule has 0 radical (unpaired) electrons. The Labute approximate surface area is 160 Å². The zero-order valence-corrected chi connectivity index (χ0v) is 16.2. The number of hydrogen-bond donors (Lipinski definition) is 1. The lowest BCUT2D eigenvalue weighted by Crippen LogP contribution is -2.41. The van der Waals surface area contributed by atoms with E-state index in [-0.39, 0.29) is 24.5 Å². The van der Waals surface area contributed by atoms with E-state index in [2.05, 4.69) is 5.32 Å². The average molecular weight is 376 g/mol. The first-order valence-corrected chi connectivity index (χ1v) is 9.51. The van der Waals surface area contributed by atoms with Crippen LogP contribution in [0.2, 0.25) is 0 Å². The SMILES string of the molecule is COc1cc2c(cc1NC(=O)CC1CCCN(C(=O)CC(C)C)C1)OCO2. The molecule has 7 heteroatoms. The van der Waals surface area contributed by atoms with Crippen LogP contribution in [-0.2, 0) is 9.59 Å². The van der Waals surface area contributed by atoms with Gasteiger partial charge in [-0.25, -0.2) is 0 Å². The summed E-state index contributed by atoms with van der Waals surface area (Å²) in [7, 11) is 1.55. The summed E-state index contributed by atoms with van der Waals surface area (Å²) in [6.07, 6.45) is 2.84. The van der Waals surface area contributed by atoms with E-state index in [0.29, 0.717) is 48.2 Å². The van der Waals surface area contributed by atoms with Gasteiger partial charge in [-0.15, -0.1) is 0 Å². The van der Waals surface area contributed by atoms with Crippen LogP contribution in [0.5, 0.6) is 17.2 Å². The van der Waals surface area contributed by atoms with E-state index < -0.39 is 0 Å². The molecule has 148 valence electrons. The number of amides is 2. The maximum absolute atomic E-state index is 12.6. The van der Waals surface area contributed by atoms with Gasteiger partial charge in [0.2, 0.25) is 18.6 Å². The molecule has 0 aromatic heterocycles. The van der Waals surface area contributed by atoms with Crippen LogP contribution < -0.4 is 19.5 Å². The molecule has 0 saturated carbocycles. The van der Waals surface area contributed by atoms with Crippen molar-refractivity contribution in [2.45, 2.75) is 39.5 Å². The first-order valence-electron chi connectivity index (χ1n) is 9.51. The van der Waals surface area contributed by atoms with Gasteiger partial charge in [-0.3, -0.25) is 9.59 Å². The van der Waals surface area contributed by atoms with Crippen LogP contribution in [0.25, 0.3) is 0 Å². The summed E-state index contributed by atoms with van der Waals surface area (Å²) in [5.74, 6) is 2.35. The van der Waals surface area contributed by atoms with E-state index in [1.807, 2.05) is 18.7 Å². The van der Waals surface area contributed by atoms with Crippen molar-refractivity contribution in [2.75, 3.05) is 32.3 Å². The zero-order chi connectivity index (χ0) is 19.4. The number of likely N-dealkylation sites (tertiary alicyclic amines) is 1. The van der Waals surface area contributed by atoms with Gasteiger partial charge >= 0.3 is 0 Å². The van der Waals surface area contributed by atoms with Crippen LogP contribution in [0.3, 0.4) is 0 Å². The average Bonchev–Trinajstić information content (AvgIpc) is 3.07. The van der Waals surface area contributed by atoms with Crippen LogP contribution in [0.4, 0.5) is 5.69 Å². The smallest absolute Gasteiger partial charge is 0.231 e. The summed E-state index contributed by atoms with van der Waals surface area (Å²) >= 11 is 0. The summed E-state index contributed by atoms with van der Waals surface area (Å²) in [6, 6.07) is 3.43. The number of nitrogens with zero attached hydrogens (tertiary/aromatic N) is 1. The molecule has 3 rings (SSSR count). The van der Waals surface area contributed by atoms with Gasteiger partial charge in [-0.2, -0.15) is 0 Å². The Morgan fingerprint density at radius 1 is 1.30 bits per heavy atom. The zero-order valence-electron chi connectivity index (χ0n) is 16.2. The Balaban J connectivity index is 1.58. The van der Waals surface area contributed by atoms with Crippen molar-refractivity contribution >= 4 is 17.5 Å². The van der Waals surface area contributed by atoms with Crippen LogP contribution in [-0.4, -0.2) is 43.7 Å². The molecular weight excluding hydrogens is 348 g/mol. The van der Waals surface area contributed by atoms with Gasteiger partial charge in [-0.1, -0.05) is 13.8 Å². The third-order valence-corrected chi connectivity index (χ3v) is 4.90. The van der Waals surface area contributed by atoms with Gasteiger partial charge in [0.15, 0.2) is 11.5 Å². The van der Waals surface area contributed by atoms with Crippen LogP contribution in [0, 0.1) is 11.8 Å². The molecule has 2 aliphatic rings. The molecule has 0 aliphatic carbocycles. The molecule has 0 spiro atoms. The van der Waals surface area contributed by atoms with Crippen LogP contribution in [0.1, 0.15) is 39.5 Å². The minimum atomic E-state index is -0.0877. The first kappa shape index (κ1) is 19.3. The molecule has 2 heterocycles. The highest BCUT2D eigenvalue weighted by Crippen LogP contribution is 2.40. The van der Waals surface area contributed by atoms with Gasteiger partial charge in [-0.05, 0) is 24.7 Å². The number of nitrogens with one attached hydrogen (secondary N) is 1. The molecular formula is C20H28N2O5. The Hall–Kier alpha value is -2.44. The van der Waals surface area contributed by atoms with E-state index in [9.17, 15) is 9.59 Å². The predicted octanol–water partition coefficient (Wildman–Crippen LogP) is 3.04. The number of hydrogen-bond acceptors (Lipinski definition) is 5. The van der Waals surface area contributed by atoms with Crippen molar-refractivity contribution in [3.63, 3.8) is 0 Å². The second kappa shape index (κ2) is 8.50. The van der Waals surface area contributed by atoms with Crippen LogP contribution in [0.15, 0.2) is 12.1 Å². The number of ether oxygens (including phenoxy) is 3. The van der Waals surface area contributed by atoms with Gasteiger partial charge in [0.1, 0.15) is 5.75 Å². The summed E-state index contributed by atoms with van der Waals surface area (Å²) in [4.78, 5) is 26.8. The van der Waals surface area contributed by atoms with E-state index in [1.165, 1.54) is 0 Å². The molecule has 1 aromatic rings. The minimum absolute atomic E-state index is 0.0877. The van der Waals surface area contributed by atoms with E-state index in [4.69, 9.17) is 14.2 Å². The molecule has 27 heavy (non-hydrogen) atoms. The molecule has 2 aliphatic heterocycles. The quantitative estimate of drug-likeness (QED) is 0.826. The number of piperidine rings is 1. The second-order valence-electron chi connectivity index (χ2n) is 7.60. The highest BCUT2D eigenvalue weighted by Gasteiger charge is 2.26. The molecule has 7 nitrogen and oxygen atoms in total. The van der Waals surface area contributed by atoms with Crippen molar-refractivity contribution in [3.05, 3.63) is 12.1 Å². The lowest BCUT2D eigenvalue weighted by molar-refractivity contribution is -0.134. The molecule has 2 amide bonds. The summed E-state index contributed by atoms with van der Waals surface area (Å²) in [5.41, 5.74) is 0.565. The van der Waals surface area contributed by atoms with Crippen molar-refractivity contribution in [1.82, 2.24) is 4.90 Å². The fourth-order valence-electron chi connectivity index (χ4n) is 3.59. The second-order valence-corrected chi connectivity index (χ2v) is 7.60. The maximum Gasteiger partial charge on any atom is 0.231 e. The highest BCUT2D eigenvalue weighted by atomic mass is 16.7. The third kappa shape index (κ3) is 4.84. The minimum Gasteiger partial charge on any atom is -0.494 e. The highest BCUT2D eigenvalue weighted by molar-refractivity contribution is 5.93. The van der Waals surface area contributed by atoms with Gasteiger partial charge in [0, 0.05) is 38.1 Å². The fourth-order valence-corrected chi connectivity index (χ4v) is 3.59. The van der Waals surface area contributed by atoms with E-state index in [1.54, 1.807) is 19.2 Å². The largest absolute Gasteiger partial charge is 0.494 e. The fraction of sp³-hybridized carbons (Fsp3) is 0.600. The Kier molecular flexibility index (Phi) is 6.08. The molecule has 0 bridgehead atoms. The molecule has 1 N–H and O–H groups in total. The summed E-state index contributed by atoms with van der Waals surface area (Å²) in [6.45, 7) is 5.70. The molecule has 1 atom stereocenters. The van der Waals surface area contributed by atoms with Gasteiger partial charge in [0.05, 0.1) is 12.8 Å². The van der Waals surface area contributed by atoms with Crippen LogP contribution >= 0.6 is 0 Å². The summed E-state index contributed by atoms with van der Waals surface area (Å²) in [5, 5.41) is 2.91. The first-order chi connectivity index (χ1) is 13.0. The van der Waals surface area contributed by atoms with Gasteiger partial charge in [0.25, 0.3) is 0 Å². The Bertz CT molecular complexity index is 704. The lowest BCUT2D eigenvalue weighted by Gasteiger charge is -2.33. The van der Waals surface area contributed by atoms with Crippen molar-refractivity contribution in [2.24, 2.45) is 11.8 Å². The lowest BCUT2D eigenvalue weighted by atomic mass is 9.93. The van der Waals surface area contributed by atoms with E-state index >= 15 is 0 Å². The van der Waals surface area contributed by atoms with E-state index in [0.717, 1.165) is 19.4 Å². The summed E-state index contributed by atoms with van der Waals surface area (Å²) < 4.78 is 16.0. The predicted molar refractivity (Wildman–Crippen MR) is 101 cm³/mol. The number of benzene rings is 1. The number of fused-ring (bicyclic) bond motifs is 1. The normalized spacial score (nSPS) is 18.5. The maximum atomic E-state index is 12.6.